The first-order chi connectivity index (χ1) is 12.3. The van der Waals surface area contributed by atoms with E-state index >= 15 is 0 Å². The van der Waals surface area contributed by atoms with Crippen LogP contribution < -0.4 is 0 Å². The molecule has 1 atom stereocenters. The fourth-order valence-corrected chi connectivity index (χ4v) is 3.69. The number of nitriles is 1. The topological polar surface area (TPSA) is 66.6 Å². The molecule has 0 amide bonds. The summed E-state index contributed by atoms with van der Waals surface area (Å²) >= 11 is 1.39. The molecule has 0 saturated heterocycles. The Balaban J connectivity index is 1.63. The van der Waals surface area contributed by atoms with Gasteiger partial charge in [0.25, 0.3) is 0 Å². The predicted octanol–water partition coefficient (Wildman–Crippen LogP) is 4.57. The van der Waals surface area contributed by atoms with Gasteiger partial charge in [0, 0.05) is 17.5 Å². The third-order valence-corrected chi connectivity index (χ3v) is 5.22. The van der Waals surface area contributed by atoms with Crippen LogP contribution in [-0.4, -0.2) is 15.8 Å². The minimum atomic E-state index is -0.893. The molecule has 0 N–H and O–H groups in total. The Labute approximate surface area is 149 Å². The Kier molecular flexibility index (Phi) is 4.12. The predicted molar refractivity (Wildman–Crippen MR) is 96.4 cm³/mol. The normalized spacial score (nSPS) is 14.7. The fraction of sp³-hybridized carbons (Fsp3) is 0.200. The molecule has 4 rings (SSSR count). The van der Waals surface area contributed by atoms with E-state index in [1.807, 2.05) is 41.8 Å². The summed E-state index contributed by atoms with van der Waals surface area (Å²) in [5.74, 6) is -0.674. The number of pyridine rings is 1. The maximum Gasteiger partial charge on any atom is 0.205 e. The van der Waals surface area contributed by atoms with Gasteiger partial charge in [-0.1, -0.05) is 30.3 Å². The fourth-order valence-electron chi connectivity index (χ4n) is 2.75. The average molecular weight is 345 g/mol. The van der Waals surface area contributed by atoms with Crippen LogP contribution in [0, 0.1) is 11.3 Å². The molecule has 4 nitrogen and oxygen atoms in total. The van der Waals surface area contributed by atoms with Gasteiger partial charge in [0.1, 0.15) is 10.7 Å². The Morgan fingerprint density at radius 1 is 1.20 bits per heavy atom. The molecule has 5 heteroatoms. The lowest BCUT2D eigenvalue weighted by molar-refractivity contribution is 0.0974. The van der Waals surface area contributed by atoms with Crippen molar-refractivity contribution in [2.75, 3.05) is 0 Å². The van der Waals surface area contributed by atoms with E-state index in [1.54, 1.807) is 12.3 Å². The number of hydrogen-bond donors (Lipinski definition) is 0. The molecule has 1 fully saturated rings. The van der Waals surface area contributed by atoms with Gasteiger partial charge in [-0.25, -0.2) is 4.98 Å². The van der Waals surface area contributed by atoms with Crippen molar-refractivity contribution in [3.8, 4) is 17.2 Å². The second kappa shape index (κ2) is 6.58. The molecule has 1 aliphatic rings. The quantitative estimate of drug-likeness (QED) is 0.635. The van der Waals surface area contributed by atoms with E-state index in [4.69, 9.17) is 0 Å². The maximum atomic E-state index is 12.8. The molecule has 1 aliphatic carbocycles. The molecule has 122 valence electrons. The van der Waals surface area contributed by atoms with Crippen LogP contribution in [0.2, 0.25) is 0 Å². The van der Waals surface area contributed by atoms with Crippen molar-refractivity contribution in [2.24, 2.45) is 0 Å². The molecule has 0 spiro atoms. The van der Waals surface area contributed by atoms with Crippen molar-refractivity contribution in [2.45, 2.75) is 24.7 Å². The van der Waals surface area contributed by atoms with Gasteiger partial charge in [-0.15, -0.1) is 11.3 Å². The van der Waals surface area contributed by atoms with Gasteiger partial charge < -0.3 is 0 Å². The number of benzene rings is 1. The monoisotopic (exact) mass is 345 g/mol. The number of carbonyl (C=O) groups is 1. The highest BCUT2D eigenvalue weighted by atomic mass is 32.1. The van der Waals surface area contributed by atoms with Crippen molar-refractivity contribution in [3.05, 3.63) is 70.4 Å². The number of hydrogen-bond acceptors (Lipinski definition) is 5. The summed E-state index contributed by atoms with van der Waals surface area (Å²) < 4.78 is 0. The summed E-state index contributed by atoms with van der Waals surface area (Å²) in [6.07, 6.45) is 3.91. The molecule has 1 unspecified atom stereocenters. The lowest BCUT2D eigenvalue weighted by Gasteiger charge is -2.07. The lowest BCUT2D eigenvalue weighted by atomic mass is 10.00. The van der Waals surface area contributed by atoms with Crippen LogP contribution in [-0.2, 0) is 0 Å². The van der Waals surface area contributed by atoms with Crippen LogP contribution >= 0.6 is 11.3 Å². The number of ketones is 1. The Morgan fingerprint density at radius 3 is 2.72 bits per heavy atom. The minimum absolute atomic E-state index is 0.294. The van der Waals surface area contributed by atoms with Crippen LogP contribution in [0.15, 0.2) is 54.0 Å². The maximum absolute atomic E-state index is 12.8. The summed E-state index contributed by atoms with van der Waals surface area (Å²) in [5, 5.41) is 12.1. The van der Waals surface area contributed by atoms with E-state index in [0.29, 0.717) is 16.6 Å². The van der Waals surface area contributed by atoms with Gasteiger partial charge in [-0.05, 0) is 36.1 Å². The smallest absolute Gasteiger partial charge is 0.205 e. The summed E-state index contributed by atoms with van der Waals surface area (Å²) in [6.45, 7) is 0. The Bertz CT molecular complexity index is 954. The molecule has 0 bridgehead atoms. The first-order valence-corrected chi connectivity index (χ1v) is 9.05. The molecule has 25 heavy (non-hydrogen) atoms. The molecule has 0 radical (unpaired) electrons. The van der Waals surface area contributed by atoms with Crippen molar-refractivity contribution >= 4 is 17.1 Å². The SMILES string of the molecule is N#CC(C(=O)c1cc(-c2ccccc2)ccn1)c1nc(C2CC2)cs1. The first-order valence-electron chi connectivity index (χ1n) is 8.17. The van der Waals surface area contributed by atoms with Crippen molar-refractivity contribution < 1.29 is 4.79 Å². The van der Waals surface area contributed by atoms with E-state index in [0.717, 1.165) is 29.7 Å². The third-order valence-electron chi connectivity index (χ3n) is 4.29. The zero-order valence-electron chi connectivity index (χ0n) is 13.4. The van der Waals surface area contributed by atoms with E-state index in [9.17, 15) is 10.1 Å². The Hall–Kier alpha value is -2.84. The van der Waals surface area contributed by atoms with Crippen LogP contribution in [0.1, 0.15) is 45.9 Å². The number of rotatable bonds is 5. The molecular weight excluding hydrogens is 330 g/mol. The number of thiazole rings is 1. The molecule has 3 aromatic rings. The zero-order valence-corrected chi connectivity index (χ0v) is 14.2. The molecule has 2 aromatic heterocycles. The van der Waals surface area contributed by atoms with Gasteiger partial charge in [0.05, 0.1) is 11.8 Å². The number of nitrogens with zero attached hydrogens (tertiary/aromatic N) is 3. The summed E-state index contributed by atoms with van der Waals surface area (Å²) in [5.41, 5.74) is 3.24. The summed E-state index contributed by atoms with van der Waals surface area (Å²) in [6, 6.07) is 15.5. The first kappa shape index (κ1) is 15.7. The van der Waals surface area contributed by atoms with Crippen molar-refractivity contribution in [1.82, 2.24) is 9.97 Å². The van der Waals surface area contributed by atoms with Crippen LogP contribution in [0.5, 0.6) is 0 Å². The highest BCUT2D eigenvalue weighted by Gasteiger charge is 2.30. The molecule has 2 heterocycles. The van der Waals surface area contributed by atoms with Crippen LogP contribution in [0.25, 0.3) is 11.1 Å². The molecule has 0 aliphatic heterocycles. The molecular formula is C20H15N3OS. The standard InChI is InChI=1S/C20H15N3OS/c21-11-16(20-23-18(12-25-20)14-6-7-14)19(24)17-10-15(8-9-22-17)13-4-2-1-3-5-13/h1-5,8-10,12,14,16H,6-7H2. The largest absolute Gasteiger partial charge is 0.290 e. The van der Waals surface area contributed by atoms with Gasteiger partial charge in [-0.3, -0.25) is 9.78 Å². The van der Waals surface area contributed by atoms with E-state index in [2.05, 4.69) is 16.0 Å². The van der Waals surface area contributed by atoms with Gasteiger partial charge in [-0.2, -0.15) is 5.26 Å². The minimum Gasteiger partial charge on any atom is -0.290 e. The van der Waals surface area contributed by atoms with Crippen LogP contribution in [0.4, 0.5) is 0 Å². The van der Waals surface area contributed by atoms with Gasteiger partial charge in [0.15, 0.2) is 5.92 Å². The lowest BCUT2D eigenvalue weighted by Crippen LogP contribution is -2.13. The Morgan fingerprint density at radius 2 is 2.00 bits per heavy atom. The van der Waals surface area contributed by atoms with Gasteiger partial charge >= 0.3 is 0 Å². The molecule has 1 saturated carbocycles. The summed E-state index contributed by atoms with van der Waals surface area (Å²) in [7, 11) is 0. The zero-order chi connectivity index (χ0) is 17.2. The van der Waals surface area contributed by atoms with Crippen molar-refractivity contribution in [1.29, 1.82) is 5.26 Å². The van der Waals surface area contributed by atoms with E-state index in [1.165, 1.54) is 11.3 Å². The van der Waals surface area contributed by atoms with Crippen LogP contribution in [0.3, 0.4) is 0 Å². The van der Waals surface area contributed by atoms with E-state index in [-0.39, 0.29) is 5.78 Å². The van der Waals surface area contributed by atoms with Crippen molar-refractivity contribution in [3.63, 3.8) is 0 Å². The number of carbonyl (C=O) groups excluding carboxylic acids is 1. The second-order valence-corrected chi connectivity index (χ2v) is 7.00. The molecule has 1 aromatic carbocycles. The third kappa shape index (κ3) is 3.21. The number of Topliss-reactive ketones (excluding diaryl/α,β-unsaturated/α-hetero) is 1. The number of aromatic nitrogens is 2. The van der Waals surface area contributed by atoms with Gasteiger partial charge in [0.2, 0.25) is 5.78 Å². The highest BCUT2D eigenvalue weighted by molar-refractivity contribution is 7.10. The average Bonchev–Trinajstić information content (AvgIpc) is 3.41. The van der Waals surface area contributed by atoms with E-state index < -0.39 is 5.92 Å². The highest BCUT2D eigenvalue weighted by Crippen LogP contribution is 2.41. The summed E-state index contributed by atoms with van der Waals surface area (Å²) in [4.78, 5) is 21.5. The second-order valence-electron chi connectivity index (χ2n) is 6.11.